The predicted molar refractivity (Wildman–Crippen MR) is 127 cm³/mol. The van der Waals surface area contributed by atoms with Crippen molar-refractivity contribution in [3.8, 4) is 11.1 Å². The van der Waals surface area contributed by atoms with Gasteiger partial charge < -0.3 is 5.73 Å². The van der Waals surface area contributed by atoms with Gasteiger partial charge in [0.2, 0.25) is 0 Å². The summed E-state index contributed by atoms with van der Waals surface area (Å²) in [5.41, 5.74) is 9.74. The quantitative estimate of drug-likeness (QED) is 0.422. The molecule has 2 aromatic carbocycles. The zero-order valence-electron chi connectivity index (χ0n) is 17.5. The summed E-state index contributed by atoms with van der Waals surface area (Å²) in [7, 11) is -2.48. The Labute approximate surface area is 189 Å². The van der Waals surface area contributed by atoms with E-state index in [2.05, 4.69) is 24.7 Å². The number of halogens is 1. The van der Waals surface area contributed by atoms with Crippen LogP contribution in [0.25, 0.3) is 27.7 Å². The number of pyridine rings is 1. The molecule has 166 valence electrons. The van der Waals surface area contributed by atoms with Gasteiger partial charge in [-0.15, -0.1) is 0 Å². The van der Waals surface area contributed by atoms with E-state index in [4.69, 9.17) is 5.73 Å². The third kappa shape index (κ3) is 4.70. The molecular weight excluding hydrogens is 443 g/mol. The first-order valence-corrected chi connectivity index (χ1v) is 11.2. The van der Waals surface area contributed by atoms with E-state index in [1.807, 2.05) is 12.1 Å². The van der Waals surface area contributed by atoms with Gasteiger partial charge in [-0.1, -0.05) is 18.2 Å². The topological polar surface area (TPSA) is 123 Å². The van der Waals surface area contributed by atoms with Gasteiger partial charge in [0.05, 0.1) is 34.8 Å². The maximum Gasteiger partial charge on any atom is 0.264 e. The number of rotatable bonds is 6. The van der Waals surface area contributed by atoms with E-state index in [-0.39, 0.29) is 5.69 Å². The molecule has 3 N–H and O–H groups in total. The average molecular weight is 463 g/mol. The van der Waals surface area contributed by atoms with Gasteiger partial charge in [0.1, 0.15) is 10.7 Å². The molecule has 0 saturated carbocycles. The highest BCUT2D eigenvalue weighted by Crippen LogP contribution is 2.26. The number of anilines is 1. The monoisotopic (exact) mass is 462 g/mol. The zero-order valence-corrected chi connectivity index (χ0v) is 18.3. The predicted octanol–water partition coefficient (Wildman–Crippen LogP) is 3.63. The third-order valence-electron chi connectivity index (χ3n) is 4.74. The zero-order chi connectivity index (χ0) is 23.4. The Hall–Kier alpha value is -4.18. The molecule has 0 saturated heterocycles. The first-order valence-electron chi connectivity index (χ1n) is 9.75. The molecular formula is C23H19FN6O2S. The van der Waals surface area contributed by atoms with Crippen LogP contribution < -0.4 is 10.5 Å². The number of nitrogens with zero attached hydrogens (tertiary/aromatic N) is 4. The van der Waals surface area contributed by atoms with E-state index in [1.54, 1.807) is 37.8 Å². The van der Waals surface area contributed by atoms with E-state index in [0.717, 1.165) is 11.6 Å². The normalized spacial score (nSPS) is 12.4. The summed E-state index contributed by atoms with van der Waals surface area (Å²) in [5, 5.41) is 0. The second-order valence-corrected chi connectivity index (χ2v) is 8.62. The van der Waals surface area contributed by atoms with Crippen LogP contribution in [-0.2, 0) is 10.0 Å². The van der Waals surface area contributed by atoms with Gasteiger partial charge >= 0.3 is 0 Å². The second-order valence-electron chi connectivity index (χ2n) is 6.97. The molecule has 0 amide bonds. The Kier molecular flexibility index (Phi) is 6.09. The molecule has 8 nitrogen and oxygen atoms in total. The van der Waals surface area contributed by atoms with Crippen molar-refractivity contribution in [2.24, 2.45) is 10.7 Å². The number of aliphatic imine (C=N–C) groups is 1. The fourth-order valence-electron chi connectivity index (χ4n) is 3.19. The summed E-state index contributed by atoms with van der Waals surface area (Å²) < 4.78 is 41.6. The number of hydrogen-bond donors (Lipinski definition) is 2. The van der Waals surface area contributed by atoms with Gasteiger partial charge in [0.25, 0.3) is 10.0 Å². The van der Waals surface area contributed by atoms with Crippen molar-refractivity contribution >= 4 is 38.5 Å². The number of sulfonamides is 1. The van der Waals surface area contributed by atoms with E-state index in [9.17, 15) is 12.8 Å². The number of allylic oxidation sites excluding steroid dienone is 1. The Morgan fingerprint density at radius 3 is 2.64 bits per heavy atom. The Morgan fingerprint density at radius 2 is 1.88 bits per heavy atom. The highest BCUT2D eigenvalue weighted by atomic mass is 32.2. The molecule has 0 aliphatic heterocycles. The van der Waals surface area contributed by atoms with Crippen LogP contribution in [0.3, 0.4) is 0 Å². The molecule has 0 bridgehead atoms. The SMILES string of the molecule is CN=CC(=CN)c1cnc2ccc(-c3cncc(NS(=O)(=O)c4ccccc4F)c3)cc2n1. The Bertz CT molecular complexity index is 1500. The van der Waals surface area contributed by atoms with Crippen molar-refractivity contribution in [1.82, 2.24) is 15.0 Å². The summed E-state index contributed by atoms with van der Waals surface area (Å²) in [6.45, 7) is 0. The number of aromatic nitrogens is 3. The van der Waals surface area contributed by atoms with Crippen molar-refractivity contribution in [2.45, 2.75) is 4.90 Å². The first-order chi connectivity index (χ1) is 15.9. The van der Waals surface area contributed by atoms with Gasteiger partial charge in [0, 0.05) is 36.8 Å². The summed E-state index contributed by atoms with van der Waals surface area (Å²) in [6.07, 6.45) is 7.55. The molecule has 10 heteroatoms. The lowest BCUT2D eigenvalue weighted by Gasteiger charge is -2.10. The largest absolute Gasteiger partial charge is 0.404 e. The molecule has 0 aliphatic rings. The lowest BCUT2D eigenvalue weighted by atomic mass is 10.1. The smallest absolute Gasteiger partial charge is 0.264 e. The summed E-state index contributed by atoms with van der Waals surface area (Å²) in [4.78, 5) is 16.7. The number of benzene rings is 2. The van der Waals surface area contributed by atoms with Gasteiger partial charge in [-0.3, -0.25) is 19.7 Å². The van der Waals surface area contributed by atoms with Crippen LogP contribution in [0.15, 0.2) is 83.2 Å². The van der Waals surface area contributed by atoms with E-state index >= 15 is 0 Å². The standard InChI is InChI=1S/C23H19FN6O2S/c1-26-11-17(10-25)22-14-28-20-7-6-15(9-21(20)29-22)16-8-18(13-27-12-16)30-33(31,32)23-5-3-2-4-19(23)24/h2-14,30H,25H2,1H3. The van der Waals surface area contributed by atoms with Crippen LogP contribution >= 0.6 is 0 Å². The van der Waals surface area contributed by atoms with Crippen molar-refractivity contribution in [1.29, 1.82) is 0 Å². The summed E-state index contributed by atoms with van der Waals surface area (Å²) in [6, 6.07) is 12.2. The van der Waals surface area contributed by atoms with Gasteiger partial charge in [-0.05, 0) is 35.9 Å². The number of hydrogen-bond acceptors (Lipinski definition) is 7. The molecule has 0 spiro atoms. The van der Waals surface area contributed by atoms with E-state index in [0.29, 0.717) is 27.9 Å². The third-order valence-corrected chi connectivity index (χ3v) is 6.15. The fourth-order valence-corrected chi connectivity index (χ4v) is 4.30. The summed E-state index contributed by atoms with van der Waals surface area (Å²) in [5.74, 6) is -0.836. The number of nitrogens with two attached hydrogens (primary N) is 1. The van der Waals surface area contributed by atoms with Crippen molar-refractivity contribution < 1.29 is 12.8 Å². The maximum absolute atomic E-state index is 14.0. The number of nitrogens with one attached hydrogen (secondary N) is 1. The molecule has 0 unspecified atom stereocenters. The van der Waals surface area contributed by atoms with Crippen LogP contribution in [0, 0.1) is 5.82 Å². The second kappa shape index (κ2) is 9.13. The molecule has 33 heavy (non-hydrogen) atoms. The number of fused-ring (bicyclic) bond motifs is 1. The molecule has 4 rings (SSSR count). The molecule has 0 aliphatic carbocycles. The average Bonchev–Trinajstić information content (AvgIpc) is 2.82. The molecule has 0 fully saturated rings. The Balaban J connectivity index is 1.69. The maximum atomic E-state index is 14.0. The minimum Gasteiger partial charge on any atom is -0.404 e. The first kappa shape index (κ1) is 22.0. The van der Waals surface area contributed by atoms with Crippen molar-refractivity contribution in [2.75, 3.05) is 11.8 Å². The van der Waals surface area contributed by atoms with Crippen LogP contribution in [0.1, 0.15) is 5.69 Å². The lowest BCUT2D eigenvalue weighted by Crippen LogP contribution is -2.14. The van der Waals surface area contributed by atoms with Crippen LogP contribution in [0.5, 0.6) is 0 Å². The molecule has 2 heterocycles. The fraction of sp³-hybridized carbons (Fsp3) is 0.0435. The van der Waals surface area contributed by atoms with Crippen molar-refractivity contribution in [3.63, 3.8) is 0 Å². The van der Waals surface area contributed by atoms with E-state index in [1.165, 1.54) is 30.6 Å². The molecule has 2 aromatic heterocycles. The molecule has 4 aromatic rings. The molecule has 0 atom stereocenters. The highest BCUT2D eigenvalue weighted by Gasteiger charge is 2.19. The van der Waals surface area contributed by atoms with Crippen molar-refractivity contribution in [3.05, 3.63) is 84.8 Å². The minimum absolute atomic E-state index is 0.197. The van der Waals surface area contributed by atoms with Crippen LogP contribution in [0.2, 0.25) is 0 Å². The van der Waals surface area contributed by atoms with Gasteiger partial charge in [-0.25, -0.2) is 17.8 Å². The summed E-state index contributed by atoms with van der Waals surface area (Å²) >= 11 is 0. The van der Waals surface area contributed by atoms with Gasteiger partial charge in [0.15, 0.2) is 0 Å². The van der Waals surface area contributed by atoms with Crippen LogP contribution in [-0.4, -0.2) is 36.6 Å². The van der Waals surface area contributed by atoms with Gasteiger partial charge in [-0.2, -0.15) is 0 Å². The lowest BCUT2D eigenvalue weighted by molar-refractivity contribution is 0.570. The highest BCUT2D eigenvalue weighted by molar-refractivity contribution is 7.92. The van der Waals surface area contributed by atoms with E-state index < -0.39 is 20.7 Å². The molecule has 0 radical (unpaired) electrons. The van der Waals surface area contributed by atoms with Crippen LogP contribution in [0.4, 0.5) is 10.1 Å². The Morgan fingerprint density at radius 1 is 1.06 bits per heavy atom. The minimum atomic E-state index is -4.12.